The van der Waals surface area contributed by atoms with Gasteiger partial charge in [-0.1, -0.05) is 12.1 Å². The van der Waals surface area contributed by atoms with E-state index in [2.05, 4.69) is 16.0 Å². The molecule has 1 aromatic carbocycles. The molecule has 0 fully saturated rings. The molecule has 3 heterocycles. The van der Waals surface area contributed by atoms with Crippen molar-refractivity contribution in [1.82, 2.24) is 14.9 Å². The molecule has 0 unspecified atom stereocenters. The van der Waals surface area contributed by atoms with E-state index in [1.54, 1.807) is 0 Å². The van der Waals surface area contributed by atoms with E-state index in [4.69, 9.17) is 9.72 Å². The van der Waals surface area contributed by atoms with Gasteiger partial charge in [0.05, 0.1) is 17.9 Å². The lowest BCUT2D eigenvalue weighted by molar-refractivity contribution is 0.288. The summed E-state index contributed by atoms with van der Waals surface area (Å²) in [4.78, 5) is 4.75. The third-order valence-electron chi connectivity index (χ3n) is 3.45. The van der Waals surface area contributed by atoms with Crippen LogP contribution in [0.4, 0.5) is 0 Å². The summed E-state index contributed by atoms with van der Waals surface area (Å²) in [6.45, 7) is 3.50. The minimum absolute atomic E-state index is 0.638. The first-order chi connectivity index (χ1) is 8.43. The van der Waals surface area contributed by atoms with Crippen LogP contribution in [-0.4, -0.2) is 16.1 Å². The standard InChI is InChI=1S/C13H13N3O/c1-2-4-11-9(3-1)13-10(8-17-11)16-6-5-14-7-12(16)15-13/h1-4,14H,5-8H2. The summed E-state index contributed by atoms with van der Waals surface area (Å²) in [5.41, 5.74) is 3.45. The molecule has 4 heteroatoms. The largest absolute Gasteiger partial charge is 0.487 e. The number of fused-ring (bicyclic) bond motifs is 5. The Morgan fingerprint density at radius 1 is 1.29 bits per heavy atom. The number of para-hydroxylation sites is 1. The molecule has 4 rings (SSSR count). The normalized spacial score (nSPS) is 16.7. The van der Waals surface area contributed by atoms with Crippen LogP contribution in [-0.2, 0) is 19.7 Å². The van der Waals surface area contributed by atoms with Crippen molar-refractivity contribution in [2.75, 3.05) is 6.54 Å². The summed E-state index contributed by atoms with van der Waals surface area (Å²) in [6, 6.07) is 8.13. The third-order valence-corrected chi connectivity index (χ3v) is 3.45. The number of aromatic nitrogens is 2. The van der Waals surface area contributed by atoms with Gasteiger partial charge in [0, 0.05) is 18.7 Å². The molecule has 0 saturated heterocycles. The highest BCUT2D eigenvalue weighted by Gasteiger charge is 2.25. The van der Waals surface area contributed by atoms with Crippen molar-refractivity contribution >= 4 is 0 Å². The quantitative estimate of drug-likeness (QED) is 0.742. The van der Waals surface area contributed by atoms with E-state index in [-0.39, 0.29) is 0 Å². The Kier molecular flexibility index (Phi) is 1.82. The van der Waals surface area contributed by atoms with Crippen LogP contribution in [0.5, 0.6) is 5.75 Å². The number of rotatable bonds is 0. The predicted octanol–water partition coefficient (Wildman–Crippen LogP) is 1.55. The minimum atomic E-state index is 0.638. The summed E-state index contributed by atoms with van der Waals surface area (Å²) in [6.07, 6.45) is 0. The number of hydrogen-bond acceptors (Lipinski definition) is 3. The molecule has 0 bridgehead atoms. The highest BCUT2D eigenvalue weighted by Crippen LogP contribution is 2.37. The van der Waals surface area contributed by atoms with Crippen molar-refractivity contribution < 1.29 is 4.74 Å². The lowest BCUT2D eigenvalue weighted by Crippen LogP contribution is -2.29. The van der Waals surface area contributed by atoms with E-state index in [9.17, 15) is 0 Å². The van der Waals surface area contributed by atoms with Crippen molar-refractivity contribution in [2.24, 2.45) is 0 Å². The van der Waals surface area contributed by atoms with E-state index in [1.165, 1.54) is 5.69 Å². The van der Waals surface area contributed by atoms with E-state index < -0.39 is 0 Å². The number of ether oxygens (including phenoxy) is 1. The maximum atomic E-state index is 5.79. The Balaban J connectivity index is 1.96. The van der Waals surface area contributed by atoms with Gasteiger partial charge in [-0.2, -0.15) is 0 Å². The number of hydrogen-bond donors (Lipinski definition) is 1. The average molecular weight is 227 g/mol. The van der Waals surface area contributed by atoms with Crippen molar-refractivity contribution in [2.45, 2.75) is 19.7 Å². The maximum absolute atomic E-state index is 5.79. The summed E-state index contributed by atoms with van der Waals surface area (Å²) < 4.78 is 8.09. The smallest absolute Gasteiger partial charge is 0.130 e. The molecule has 0 radical (unpaired) electrons. The summed E-state index contributed by atoms with van der Waals surface area (Å²) in [7, 11) is 0. The van der Waals surface area contributed by atoms with Gasteiger partial charge in [0.1, 0.15) is 18.2 Å². The van der Waals surface area contributed by atoms with Gasteiger partial charge in [-0.25, -0.2) is 4.98 Å². The van der Waals surface area contributed by atoms with Crippen LogP contribution in [0.15, 0.2) is 24.3 Å². The Hall–Kier alpha value is -1.81. The van der Waals surface area contributed by atoms with E-state index in [1.807, 2.05) is 18.2 Å². The molecule has 0 atom stereocenters. The molecule has 1 N–H and O–H groups in total. The molecule has 17 heavy (non-hydrogen) atoms. The first-order valence-electron chi connectivity index (χ1n) is 5.95. The van der Waals surface area contributed by atoms with E-state index >= 15 is 0 Å². The number of nitrogens with one attached hydrogen (secondary N) is 1. The highest BCUT2D eigenvalue weighted by atomic mass is 16.5. The zero-order valence-corrected chi connectivity index (χ0v) is 9.44. The van der Waals surface area contributed by atoms with Gasteiger partial charge in [0.15, 0.2) is 0 Å². The van der Waals surface area contributed by atoms with Crippen LogP contribution in [0, 0.1) is 0 Å². The molecule has 86 valence electrons. The van der Waals surface area contributed by atoms with Crippen molar-refractivity contribution in [3.05, 3.63) is 35.8 Å². The Morgan fingerprint density at radius 3 is 3.24 bits per heavy atom. The molecule has 2 aromatic rings. The highest BCUT2D eigenvalue weighted by molar-refractivity contribution is 5.71. The second-order valence-corrected chi connectivity index (χ2v) is 4.44. The first-order valence-corrected chi connectivity index (χ1v) is 5.95. The summed E-state index contributed by atoms with van der Waals surface area (Å²) in [5.74, 6) is 2.07. The molecule has 0 saturated carbocycles. The molecular weight excluding hydrogens is 214 g/mol. The van der Waals surface area contributed by atoms with Gasteiger partial charge in [-0.15, -0.1) is 0 Å². The molecule has 1 aromatic heterocycles. The molecule has 2 aliphatic heterocycles. The van der Waals surface area contributed by atoms with Gasteiger partial charge in [-0.3, -0.25) is 0 Å². The van der Waals surface area contributed by atoms with Gasteiger partial charge in [0.25, 0.3) is 0 Å². The fraction of sp³-hybridized carbons (Fsp3) is 0.308. The number of benzene rings is 1. The van der Waals surface area contributed by atoms with Crippen LogP contribution in [0.1, 0.15) is 11.5 Å². The van der Waals surface area contributed by atoms with E-state index in [0.29, 0.717) is 6.61 Å². The minimum Gasteiger partial charge on any atom is -0.487 e. The third kappa shape index (κ3) is 1.24. The summed E-state index contributed by atoms with van der Waals surface area (Å²) in [5, 5.41) is 3.35. The zero-order chi connectivity index (χ0) is 11.2. The Morgan fingerprint density at radius 2 is 2.24 bits per heavy atom. The second-order valence-electron chi connectivity index (χ2n) is 4.44. The molecule has 0 aliphatic carbocycles. The molecular formula is C13H13N3O. The van der Waals surface area contributed by atoms with E-state index in [0.717, 1.165) is 42.5 Å². The van der Waals surface area contributed by atoms with Gasteiger partial charge >= 0.3 is 0 Å². The molecule has 0 spiro atoms. The molecule has 4 nitrogen and oxygen atoms in total. The van der Waals surface area contributed by atoms with Gasteiger partial charge in [0.2, 0.25) is 0 Å². The van der Waals surface area contributed by atoms with Crippen LogP contribution >= 0.6 is 0 Å². The van der Waals surface area contributed by atoms with Crippen LogP contribution in [0.25, 0.3) is 11.3 Å². The fourth-order valence-electron chi connectivity index (χ4n) is 2.62. The van der Waals surface area contributed by atoms with Crippen LogP contribution in [0.3, 0.4) is 0 Å². The average Bonchev–Trinajstić information content (AvgIpc) is 2.78. The predicted molar refractivity (Wildman–Crippen MR) is 63.7 cm³/mol. The van der Waals surface area contributed by atoms with Gasteiger partial charge < -0.3 is 14.6 Å². The van der Waals surface area contributed by atoms with Crippen molar-refractivity contribution in [3.8, 4) is 17.0 Å². The monoisotopic (exact) mass is 227 g/mol. The molecule has 2 aliphatic rings. The maximum Gasteiger partial charge on any atom is 0.130 e. The SMILES string of the molecule is c1ccc2c(c1)OCc1c-2nc2n1CCNC2. The second kappa shape index (κ2) is 3.34. The fourth-order valence-corrected chi connectivity index (χ4v) is 2.62. The Bertz CT molecular complexity index is 588. The first kappa shape index (κ1) is 9.24. The topological polar surface area (TPSA) is 39.1 Å². The number of imidazole rings is 1. The van der Waals surface area contributed by atoms with Crippen LogP contribution < -0.4 is 10.1 Å². The van der Waals surface area contributed by atoms with Crippen molar-refractivity contribution in [3.63, 3.8) is 0 Å². The lowest BCUT2D eigenvalue weighted by Gasteiger charge is -2.20. The lowest BCUT2D eigenvalue weighted by atomic mass is 10.1. The van der Waals surface area contributed by atoms with Crippen LogP contribution in [0.2, 0.25) is 0 Å². The Labute approximate surface area is 99.2 Å². The molecule has 0 amide bonds. The van der Waals surface area contributed by atoms with Crippen molar-refractivity contribution in [1.29, 1.82) is 0 Å². The number of nitrogens with zero attached hydrogens (tertiary/aromatic N) is 2. The summed E-state index contributed by atoms with van der Waals surface area (Å²) >= 11 is 0. The van der Waals surface area contributed by atoms with Gasteiger partial charge in [-0.05, 0) is 12.1 Å². The zero-order valence-electron chi connectivity index (χ0n) is 9.44.